The average molecular weight is 409 g/mol. The van der Waals surface area contributed by atoms with Crippen LogP contribution in [0.3, 0.4) is 0 Å². The van der Waals surface area contributed by atoms with Crippen LogP contribution in [0, 0.1) is 5.82 Å². The quantitative estimate of drug-likeness (QED) is 0.458. The van der Waals surface area contributed by atoms with Crippen LogP contribution in [0.2, 0.25) is 0 Å². The van der Waals surface area contributed by atoms with E-state index in [1.165, 1.54) is 18.2 Å². The highest BCUT2D eigenvalue weighted by Gasteiger charge is 2.14. The fraction of sp³-hybridized carbons (Fsp3) is 0.167. The van der Waals surface area contributed by atoms with Gasteiger partial charge in [-0.05, 0) is 49.0 Å². The van der Waals surface area contributed by atoms with Crippen molar-refractivity contribution in [3.8, 4) is 11.1 Å². The third kappa shape index (κ3) is 6.07. The zero-order valence-corrected chi connectivity index (χ0v) is 16.8. The number of benzene rings is 3. The van der Waals surface area contributed by atoms with Gasteiger partial charge in [-0.15, -0.1) is 0 Å². The number of nitrogens with zero attached hydrogens (tertiary/aromatic N) is 1. The van der Waals surface area contributed by atoms with Gasteiger partial charge < -0.3 is 10.2 Å². The van der Waals surface area contributed by atoms with Gasteiger partial charge in [-0.1, -0.05) is 55.5 Å². The summed E-state index contributed by atoms with van der Waals surface area (Å²) in [5, 5.41) is 18.7. The Morgan fingerprint density at radius 1 is 1.03 bits per heavy atom. The maximum atomic E-state index is 12.7. The van der Waals surface area contributed by atoms with Crippen molar-refractivity contribution in [1.82, 2.24) is 4.90 Å². The van der Waals surface area contributed by atoms with Gasteiger partial charge in [-0.3, -0.25) is 9.69 Å². The molecule has 0 amide bonds. The van der Waals surface area contributed by atoms with Crippen LogP contribution in [-0.4, -0.2) is 41.0 Å². The number of aliphatic hydroxyl groups excluding tert-OH is 1. The smallest absolute Gasteiger partial charge is 0.335 e. The van der Waals surface area contributed by atoms with E-state index in [0.29, 0.717) is 11.1 Å². The van der Waals surface area contributed by atoms with Gasteiger partial charge in [0, 0.05) is 11.1 Å². The molecule has 0 aliphatic rings. The molecule has 5 nitrogen and oxygen atoms in total. The summed E-state index contributed by atoms with van der Waals surface area (Å²) in [6.45, 7) is 2.68. The fourth-order valence-electron chi connectivity index (χ4n) is 2.74. The molecule has 0 aliphatic carbocycles. The van der Waals surface area contributed by atoms with Crippen LogP contribution in [0.5, 0.6) is 0 Å². The maximum Gasteiger partial charge on any atom is 0.335 e. The van der Waals surface area contributed by atoms with Crippen molar-refractivity contribution in [1.29, 1.82) is 0 Å². The molecule has 0 bridgehead atoms. The van der Waals surface area contributed by atoms with Crippen LogP contribution >= 0.6 is 0 Å². The number of halogens is 1. The molecule has 3 aromatic carbocycles. The van der Waals surface area contributed by atoms with E-state index >= 15 is 0 Å². The Balaban J connectivity index is 0.000000216. The van der Waals surface area contributed by atoms with Crippen LogP contribution in [0.15, 0.2) is 72.8 Å². The third-order valence-electron chi connectivity index (χ3n) is 4.60. The monoisotopic (exact) mass is 409 g/mol. The van der Waals surface area contributed by atoms with Crippen LogP contribution in [0.1, 0.15) is 39.4 Å². The molecular formula is C24H24FNO4. The van der Waals surface area contributed by atoms with Crippen molar-refractivity contribution in [2.45, 2.75) is 13.2 Å². The number of rotatable bonds is 6. The minimum absolute atomic E-state index is 0.224. The number of aliphatic hydroxyl groups is 1. The van der Waals surface area contributed by atoms with Gasteiger partial charge in [0.25, 0.3) is 0 Å². The predicted molar refractivity (Wildman–Crippen MR) is 114 cm³/mol. The Morgan fingerprint density at radius 3 is 2.30 bits per heavy atom. The Morgan fingerprint density at radius 2 is 1.70 bits per heavy atom. The first kappa shape index (κ1) is 22.9. The Hall–Kier alpha value is -3.35. The number of aldehydes is 1. The third-order valence-corrected chi connectivity index (χ3v) is 4.60. The lowest BCUT2D eigenvalue weighted by Crippen LogP contribution is -2.24. The minimum atomic E-state index is -0.969. The minimum Gasteiger partial charge on any atom is -0.478 e. The van der Waals surface area contributed by atoms with E-state index in [1.807, 2.05) is 20.0 Å². The molecule has 1 atom stereocenters. The van der Waals surface area contributed by atoms with Crippen molar-refractivity contribution in [2.24, 2.45) is 0 Å². The van der Waals surface area contributed by atoms with E-state index < -0.39 is 12.2 Å². The lowest BCUT2D eigenvalue weighted by atomic mass is 10.0. The second-order valence-corrected chi connectivity index (χ2v) is 6.59. The highest BCUT2D eigenvalue weighted by Crippen LogP contribution is 2.21. The summed E-state index contributed by atoms with van der Waals surface area (Å²) >= 11 is 0. The second-order valence-electron chi connectivity index (χ2n) is 6.59. The number of carbonyl (C=O) groups excluding carboxylic acids is 1. The summed E-state index contributed by atoms with van der Waals surface area (Å²) in [5.41, 5.74) is 2.98. The van der Waals surface area contributed by atoms with Crippen molar-refractivity contribution >= 4 is 12.3 Å². The van der Waals surface area contributed by atoms with Crippen LogP contribution < -0.4 is 0 Å². The number of hydrogen-bond acceptors (Lipinski definition) is 4. The average Bonchev–Trinajstić information content (AvgIpc) is 2.79. The molecule has 30 heavy (non-hydrogen) atoms. The first-order valence-electron chi connectivity index (χ1n) is 9.39. The molecule has 0 saturated heterocycles. The molecule has 0 aliphatic heterocycles. The molecule has 6 heteroatoms. The molecule has 3 aromatic rings. The Labute approximate surface area is 175 Å². The molecule has 0 radical (unpaired) electrons. The SMILES string of the molecule is CCN(C)C(O)c1ccccc1C=O.O=C(O)c1cccc(-c2ccc(F)cc2)c1. The van der Waals surface area contributed by atoms with Gasteiger partial charge in [0.2, 0.25) is 0 Å². The number of carbonyl (C=O) groups is 2. The van der Waals surface area contributed by atoms with Crippen molar-refractivity contribution in [3.05, 3.63) is 95.3 Å². The zero-order chi connectivity index (χ0) is 22.1. The largest absolute Gasteiger partial charge is 0.478 e. The normalized spacial score (nSPS) is 11.4. The molecule has 0 saturated carbocycles. The van der Waals surface area contributed by atoms with Crippen LogP contribution in [0.25, 0.3) is 11.1 Å². The van der Waals surface area contributed by atoms with Gasteiger partial charge in [0.1, 0.15) is 18.3 Å². The first-order chi connectivity index (χ1) is 14.4. The molecule has 2 N–H and O–H groups in total. The van der Waals surface area contributed by atoms with Gasteiger partial charge in [-0.25, -0.2) is 9.18 Å². The summed E-state index contributed by atoms with van der Waals surface area (Å²) in [5.74, 6) is -1.28. The fourth-order valence-corrected chi connectivity index (χ4v) is 2.74. The molecular weight excluding hydrogens is 385 g/mol. The number of aromatic carboxylic acids is 1. The van der Waals surface area contributed by atoms with Gasteiger partial charge in [-0.2, -0.15) is 0 Å². The topological polar surface area (TPSA) is 77.8 Å². The van der Waals surface area contributed by atoms with Crippen molar-refractivity contribution in [3.63, 3.8) is 0 Å². The molecule has 0 spiro atoms. The standard InChI is InChI=1S/C13H9FO2.C11H15NO2/c14-12-6-4-9(5-7-12)10-2-1-3-11(8-10)13(15)16;1-3-12(2)11(14)10-7-5-4-6-9(10)8-13/h1-8H,(H,15,16);4-8,11,14H,3H2,1-2H3. The van der Waals surface area contributed by atoms with E-state index in [4.69, 9.17) is 5.11 Å². The van der Waals surface area contributed by atoms with Gasteiger partial charge in [0.05, 0.1) is 5.56 Å². The summed E-state index contributed by atoms with van der Waals surface area (Å²) in [6.07, 6.45) is 0.0589. The second kappa shape index (κ2) is 11.0. The highest BCUT2D eigenvalue weighted by atomic mass is 19.1. The van der Waals surface area contributed by atoms with Crippen LogP contribution in [0.4, 0.5) is 4.39 Å². The maximum absolute atomic E-state index is 12.7. The van der Waals surface area contributed by atoms with E-state index in [1.54, 1.807) is 53.4 Å². The van der Waals surface area contributed by atoms with Crippen molar-refractivity contribution < 1.29 is 24.2 Å². The number of carboxylic acids is 1. The molecule has 3 rings (SSSR count). The molecule has 156 valence electrons. The summed E-state index contributed by atoms with van der Waals surface area (Å²) in [7, 11) is 1.81. The molecule has 0 fully saturated rings. The van der Waals surface area contributed by atoms with E-state index in [-0.39, 0.29) is 11.4 Å². The highest BCUT2D eigenvalue weighted by molar-refractivity contribution is 5.89. The summed E-state index contributed by atoms with van der Waals surface area (Å²) in [6, 6.07) is 19.6. The molecule has 0 heterocycles. The number of hydrogen-bond donors (Lipinski definition) is 2. The van der Waals surface area contributed by atoms with Crippen LogP contribution in [-0.2, 0) is 0 Å². The summed E-state index contributed by atoms with van der Waals surface area (Å²) in [4.78, 5) is 23.3. The number of carboxylic acid groups (broad SMARTS) is 1. The zero-order valence-electron chi connectivity index (χ0n) is 16.8. The Kier molecular flexibility index (Phi) is 8.41. The lowest BCUT2D eigenvalue weighted by Gasteiger charge is -2.22. The van der Waals surface area contributed by atoms with Crippen molar-refractivity contribution in [2.75, 3.05) is 13.6 Å². The van der Waals surface area contributed by atoms with E-state index in [0.717, 1.165) is 24.0 Å². The lowest BCUT2D eigenvalue weighted by molar-refractivity contribution is 0.0240. The molecule has 0 aromatic heterocycles. The van der Waals surface area contributed by atoms with Gasteiger partial charge in [0.15, 0.2) is 0 Å². The summed E-state index contributed by atoms with van der Waals surface area (Å²) < 4.78 is 12.7. The Bertz CT molecular complexity index is 989. The molecule has 1 unspecified atom stereocenters. The predicted octanol–water partition coefficient (Wildman–Crippen LogP) is 4.63. The van der Waals surface area contributed by atoms with Gasteiger partial charge >= 0.3 is 5.97 Å². The van der Waals surface area contributed by atoms with E-state index in [2.05, 4.69) is 0 Å². The van der Waals surface area contributed by atoms with E-state index in [9.17, 15) is 19.1 Å². The first-order valence-corrected chi connectivity index (χ1v) is 9.39.